The highest BCUT2D eigenvalue weighted by Crippen LogP contribution is 2.34. The van der Waals surface area contributed by atoms with E-state index < -0.39 is 21.7 Å². The Kier molecular flexibility index (Phi) is 8.27. The first-order valence-electron chi connectivity index (χ1n) is 11.7. The Morgan fingerprint density at radius 3 is 2.38 bits per heavy atom. The van der Waals surface area contributed by atoms with E-state index in [1.54, 1.807) is 24.3 Å². The van der Waals surface area contributed by atoms with Crippen molar-refractivity contribution in [2.24, 2.45) is 0 Å². The third-order valence-corrected chi connectivity index (χ3v) is 6.46. The highest BCUT2D eigenvalue weighted by Gasteiger charge is 2.22. The van der Waals surface area contributed by atoms with Crippen molar-refractivity contribution in [3.63, 3.8) is 0 Å². The quantitative estimate of drug-likeness (QED) is 0.305. The van der Waals surface area contributed by atoms with Gasteiger partial charge in [0.25, 0.3) is 11.7 Å². The molecule has 4 rings (SSSR count). The average molecular weight is 528 g/mol. The number of methoxy groups -OCH3 is 1. The van der Waals surface area contributed by atoms with Crippen LogP contribution in [0.25, 0.3) is 10.8 Å². The minimum absolute atomic E-state index is 0.0861. The summed E-state index contributed by atoms with van der Waals surface area (Å²) in [6.45, 7) is 4.40. The molecular formula is C26H29N3O7S. The molecule has 1 saturated heterocycles. The zero-order valence-corrected chi connectivity index (χ0v) is 21.5. The summed E-state index contributed by atoms with van der Waals surface area (Å²) < 4.78 is 42.4. The van der Waals surface area contributed by atoms with E-state index in [0.717, 1.165) is 31.3 Å². The number of ketones is 1. The lowest BCUT2D eigenvalue weighted by Gasteiger charge is -2.26. The van der Waals surface area contributed by atoms with Crippen molar-refractivity contribution in [3.8, 4) is 11.5 Å². The number of anilines is 2. The Bertz CT molecular complexity index is 1400. The van der Waals surface area contributed by atoms with Gasteiger partial charge in [-0.05, 0) is 29.7 Å². The van der Waals surface area contributed by atoms with Gasteiger partial charge in [0.2, 0.25) is 10.0 Å². The largest absolute Gasteiger partial charge is 0.492 e. The maximum Gasteiger partial charge on any atom is 0.296 e. The summed E-state index contributed by atoms with van der Waals surface area (Å²) in [4.78, 5) is 28.4. The van der Waals surface area contributed by atoms with Crippen LogP contribution in [0.15, 0.2) is 54.6 Å². The number of hydrogen-bond donors (Lipinski definition) is 2. The number of amides is 1. The maximum absolute atomic E-state index is 13.2. The number of rotatable bonds is 10. The van der Waals surface area contributed by atoms with Crippen molar-refractivity contribution >= 4 is 43.9 Å². The summed E-state index contributed by atoms with van der Waals surface area (Å²) in [6, 6.07) is 15.1. The number of nitrogens with one attached hydrogen (secondary N) is 2. The first-order chi connectivity index (χ1) is 17.8. The van der Waals surface area contributed by atoms with Gasteiger partial charge >= 0.3 is 0 Å². The van der Waals surface area contributed by atoms with Crippen molar-refractivity contribution in [2.75, 3.05) is 62.9 Å². The van der Waals surface area contributed by atoms with Crippen LogP contribution in [0.2, 0.25) is 0 Å². The van der Waals surface area contributed by atoms with Crippen LogP contribution in [0.5, 0.6) is 11.5 Å². The van der Waals surface area contributed by atoms with Crippen LogP contribution in [0.3, 0.4) is 0 Å². The molecule has 1 amide bonds. The molecule has 0 unspecified atom stereocenters. The summed E-state index contributed by atoms with van der Waals surface area (Å²) in [6.07, 6.45) is 1.00. The van der Waals surface area contributed by atoms with Gasteiger partial charge in [0.15, 0.2) is 5.75 Å². The monoisotopic (exact) mass is 527 g/mol. The van der Waals surface area contributed by atoms with E-state index in [-0.39, 0.29) is 22.7 Å². The minimum Gasteiger partial charge on any atom is -0.492 e. The predicted octanol–water partition coefficient (Wildman–Crippen LogP) is 2.75. The van der Waals surface area contributed by atoms with Crippen LogP contribution < -0.4 is 19.5 Å². The first-order valence-corrected chi connectivity index (χ1v) is 13.6. The van der Waals surface area contributed by atoms with E-state index in [9.17, 15) is 18.0 Å². The molecule has 1 aliphatic heterocycles. The number of ether oxygens (including phenoxy) is 3. The number of benzene rings is 3. The summed E-state index contributed by atoms with van der Waals surface area (Å²) in [5, 5.41) is 3.85. The SMILES string of the molecule is COc1c(NC(=O)C(=O)c2ccc(OCCN3CCOCC3)c3ccccc23)cccc1NS(C)(=O)=O. The Morgan fingerprint density at radius 2 is 1.68 bits per heavy atom. The van der Waals surface area contributed by atoms with Gasteiger partial charge in [0, 0.05) is 30.6 Å². The van der Waals surface area contributed by atoms with Gasteiger partial charge in [-0.25, -0.2) is 8.42 Å². The van der Waals surface area contributed by atoms with Crippen LogP contribution in [0.1, 0.15) is 10.4 Å². The highest BCUT2D eigenvalue weighted by molar-refractivity contribution is 7.92. The molecule has 10 nitrogen and oxygen atoms in total. The standard InChI is InChI=1S/C26H29N3O7S/c1-34-25-21(8-5-9-22(25)28-37(2,32)33)27-26(31)24(30)20-10-11-23(19-7-4-3-6-18(19)20)36-17-14-29-12-15-35-16-13-29/h3-11,28H,12-17H2,1-2H3,(H,27,31). The lowest BCUT2D eigenvalue weighted by atomic mass is 10.00. The Morgan fingerprint density at radius 1 is 0.973 bits per heavy atom. The number of hydrogen-bond acceptors (Lipinski definition) is 8. The molecule has 3 aromatic rings. The molecule has 0 aliphatic carbocycles. The Balaban J connectivity index is 1.53. The Hall–Kier alpha value is -3.67. The Labute approximate surface area is 215 Å². The molecule has 0 aromatic heterocycles. The van der Waals surface area contributed by atoms with Crippen molar-refractivity contribution < 1.29 is 32.2 Å². The molecule has 0 spiro atoms. The first kappa shape index (κ1) is 26.4. The molecule has 11 heteroatoms. The fourth-order valence-electron chi connectivity index (χ4n) is 4.14. The molecular weight excluding hydrogens is 498 g/mol. The van der Waals surface area contributed by atoms with E-state index in [1.165, 1.54) is 25.3 Å². The summed E-state index contributed by atoms with van der Waals surface area (Å²) in [5.41, 5.74) is 0.513. The van der Waals surface area contributed by atoms with Gasteiger partial charge in [0.05, 0.1) is 38.0 Å². The third-order valence-electron chi connectivity index (χ3n) is 5.87. The molecule has 1 fully saturated rings. The smallest absolute Gasteiger partial charge is 0.296 e. The fourth-order valence-corrected chi connectivity index (χ4v) is 4.70. The number of para-hydroxylation sites is 1. The molecule has 3 aromatic carbocycles. The summed E-state index contributed by atoms with van der Waals surface area (Å²) >= 11 is 0. The van der Waals surface area contributed by atoms with Gasteiger partial charge in [-0.15, -0.1) is 0 Å². The lowest BCUT2D eigenvalue weighted by molar-refractivity contribution is -0.112. The number of Topliss-reactive ketones (excluding diaryl/α,β-unsaturated/α-hetero) is 1. The second kappa shape index (κ2) is 11.6. The van der Waals surface area contributed by atoms with Crippen molar-refractivity contribution in [1.29, 1.82) is 0 Å². The molecule has 2 N–H and O–H groups in total. The molecule has 1 aliphatic rings. The second-order valence-corrected chi connectivity index (χ2v) is 10.3. The number of carbonyl (C=O) groups excluding carboxylic acids is 2. The molecule has 1 heterocycles. The molecule has 37 heavy (non-hydrogen) atoms. The van der Waals surface area contributed by atoms with E-state index in [2.05, 4.69) is 14.9 Å². The number of fused-ring (bicyclic) bond motifs is 1. The predicted molar refractivity (Wildman–Crippen MR) is 141 cm³/mol. The molecule has 0 saturated carbocycles. The van der Waals surface area contributed by atoms with Crippen molar-refractivity contribution in [2.45, 2.75) is 0 Å². The normalized spacial score (nSPS) is 14.2. The fraction of sp³-hybridized carbons (Fsp3) is 0.308. The minimum atomic E-state index is -3.59. The van der Waals surface area contributed by atoms with E-state index in [1.807, 2.05) is 12.1 Å². The van der Waals surface area contributed by atoms with Crippen LogP contribution >= 0.6 is 0 Å². The average Bonchev–Trinajstić information content (AvgIpc) is 2.88. The third kappa shape index (κ3) is 6.56. The van der Waals surface area contributed by atoms with E-state index in [0.29, 0.717) is 31.0 Å². The topological polar surface area (TPSA) is 123 Å². The number of nitrogens with zero attached hydrogens (tertiary/aromatic N) is 1. The van der Waals surface area contributed by atoms with Gasteiger partial charge in [-0.2, -0.15) is 0 Å². The van der Waals surface area contributed by atoms with Gasteiger partial charge in [-0.1, -0.05) is 30.3 Å². The van der Waals surface area contributed by atoms with Crippen LogP contribution in [0, 0.1) is 0 Å². The maximum atomic E-state index is 13.2. The van der Waals surface area contributed by atoms with Crippen molar-refractivity contribution in [1.82, 2.24) is 4.90 Å². The van der Waals surface area contributed by atoms with Crippen molar-refractivity contribution in [3.05, 3.63) is 60.2 Å². The molecule has 0 bridgehead atoms. The summed E-state index contributed by atoms with van der Waals surface area (Å²) in [7, 11) is -2.25. The second-order valence-electron chi connectivity index (χ2n) is 8.50. The van der Waals surface area contributed by atoms with Gasteiger partial charge in [-0.3, -0.25) is 19.2 Å². The number of carbonyl (C=O) groups is 2. The zero-order chi connectivity index (χ0) is 26.4. The number of sulfonamides is 1. The molecule has 0 radical (unpaired) electrons. The van der Waals surface area contributed by atoms with Crippen LogP contribution in [-0.2, 0) is 19.6 Å². The summed E-state index contributed by atoms with van der Waals surface area (Å²) in [5.74, 6) is -0.925. The highest BCUT2D eigenvalue weighted by atomic mass is 32.2. The molecule has 0 atom stereocenters. The zero-order valence-electron chi connectivity index (χ0n) is 20.7. The molecule has 196 valence electrons. The van der Waals surface area contributed by atoms with Gasteiger partial charge < -0.3 is 19.5 Å². The lowest BCUT2D eigenvalue weighted by Crippen LogP contribution is -2.38. The van der Waals surface area contributed by atoms with Crippen LogP contribution in [-0.4, -0.2) is 77.8 Å². The number of morpholine rings is 1. The van der Waals surface area contributed by atoms with E-state index in [4.69, 9.17) is 14.2 Å². The van der Waals surface area contributed by atoms with Gasteiger partial charge in [0.1, 0.15) is 12.4 Å². The van der Waals surface area contributed by atoms with Crippen LogP contribution in [0.4, 0.5) is 11.4 Å². The van der Waals surface area contributed by atoms with E-state index >= 15 is 0 Å².